The second-order valence-corrected chi connectivity index (χ2v) is 7.07. The third kappa shape index (κ3) is 3.48. The van der Waals surface area contributed by atoms with Crippen molar-refractivity contribution in [1.82, 2.24) is 0 Å². The summed E-state index contributed by atoms with van der Waals surface area (Å²) in [5, 5.41) is 0.810. The minimum atomic E-state index is -4.34. The first-order valence-electron chi connectivity index (χ1n) is 7.33. The highest BCUT2D eigenvalue weighted by Crippen LogP contribution is 2.34. The molecule has 0 aliphatic heterocycles. The van der Waals surface area contributed by atoms with E-state index < -0.39 is 11.7 Å². The monoisotopic (exact) mass is 381 g/mol. The van der Waals surface area contributed by atoms with Crippen LogP contribution in [0.15, 0.2) is 52.7 Å². The van der Waals surface area contributed by atoms with Crippen molar-refractivity contribution in [3.05, 3.63) is 54.1 Å². The minimum absolute atomic E-state index is 0.663. The summed E-state index contributed by atoms with van der Waals surface area (Å²) in [5.41, 5.74) is 1.83. The number of ether oxygens (including phenoxy) is 1. The van der Waals surface area contributed by atoms with Crippen LogP contribution in [-0.4, -0.2) is 7.11 Å². The Bertz CT molecular complexity index is 884. The first-order chi connectivity index (χ1) is 11.8. The molecular formula is C18H14F3NOS2. The average Bonchev–Trinajstić information content (AvgIpc) is 2.89. The summed E-state index contributed by atoms with van der Waals surface area (Å²) in [5.74, 6) is 0.746. The standard InChI is InChI=1S/C18H14F3NOS2/c1-22-15(11-5-9-14(23-2)10-6-11)17(24)25-16(22)12-3-7-13(8-4-12)18(19,20)21/h3-10H,1-2H3. The van der Waals surface area contributed by atoms with E-state index in [1.807, 2.05) is 35.9 Å². The molecule has 0 saturated carbocycles. The van der Waals surface area contributed by atoms with Gasteiger partial charge in [0, 0.05) is 11.1 Å². The van der Waals surface area contributed by atoms with Crippen molar-refractivity contribution in [2.24, 2.45) is 7.05 Å². The summed E-state index contributed by atoms with van der Waals surface area (Å²) in [7, 11) is 3.46. The zero-order valence-corrected chi connectivity index (χ0v) is 15.1. The van der Waals surface area contributed by atoms with E-state index in [-0.39, 0.29) is 0 Å². The molecule has 3 aromatic rings. The van der Waals surface area contributed by atoms with Gasteiger partial charge in [-0.1, -0.05) is 0 Å². The van der Waals surface area contributed by atoms with Gasteiger partial charge in [0.2, 0.25) is 5.69 Å². The fraction of sp³-hybridized carbons (Fsp3) is 0.167. The molecule has 7 heteroatoms. The molecule has 0 unspecified atom stereocenters. The van der Waals surface area contributed by atoms with Gasteiger partial charge in [0.15, 0.2) is 5.01 Å². The van der Waals surface area contributed by atoms with Crippen molar-refractivity contribution in [3.8, 4) is 27.6 Å². The molecule has 0 fully saturated rings. The average molecular weight is 381 g/mol. The molecular weight excluding hydrogens is 367 g/mol. The Balaban J connectivity index is 2.01. The van der Waals surface area contributed by atoms with E-state index >= 15 is 0 Å². The van der Waals surface area contributed by atoms with E-state index in [9.17, 15) is 13.2 Å². The molecule has 1 aromatic heterocycles. The zero-order valence-electron chi connectivity index (χ0n) is 13.4. The smallest absolute Gasteiger partial charge is 0.416 e. The molecule has 25 heavy (non-hydrogen) atoms. The van der Waals surface area contributed by atoms with Crippen LogP contribution in [0.5, 0.6) is 5.75 Å². The summed E-state index contributed by atoms with van der Waals surface area (Å²) in [6.45, 7) is 0. The van der Waals surface area contributed by atoms with Gasteiger partial charge in [-0.3, -0.25) is 11.3 Å². The zero-order chi connectivity index (χ0) is 18.2. The van der Waals surface area contributed by atoms with Crippen molar-refractivity contribution < 1.29 is 22.5 Å². The second kappa shape index (κ2) is 6.65. The number of rotatable bonds is 3. The quantitative estimate of drug-likeness (QED) is 0.476. The lowest BCUT2D eigenvalue weighted by atomic mass is 10.1. The van der Waals surface area contributed by atoms with Crippen LogP contribution in [0.4, 0.5) is 13.2 Å². The van der Waals surface area contributed by atoms with Crippen LogP contribution in [-0.2, 0) is 25.9 Å². The second-order valence-electron chi connectivity index (χ2n) is 5.41. The Morgan fingerprint density at radius 1 is 0.960 bits per heavy atom. The molecule has 3 rings (SSSR count). The van der Waals surface area contributed by atoms with Crippen molar-refractivity contribution in [2.75, 3.05) is 7.11 Å². The van der Waals surface area contributed by atoms with E-state index in [0.717, 1.165) is 34.1 Å². The highest BCUT2D eigenvalue weighted by Gasteiger charge is 2.30. The number of alkyl halides is 3. The Labute approximate surface area is 152 Å². The third-order valence-electron chi connectivity index (χ3n) is 3.85. The Morgan fingerprint density at radius 2 is 1.52 bits per heavy atom. The van der Waals surface area contributed by atoms with Gasteiger partial charge in [-0.15, -0.1) is 0 Å². The molecule has 1 heterocycles. The van der Waals surface area contributed by atoms with Crippen LogP contribution in [0.25, 0.3) is 21.8 Å². The number of nitrogens with zero attached hydrogens (tertiary/aromatic N) is 1. The van der Waals surface area contributed by atoms with E-state index in [4.69, 9.17) is 17.4 Å². The van der Waals surface area contributed by atoms with Crippen molar-refractivity contribution in [1.29, 1.82) is 0 Å². The summed E-state index contributed by atoms with van der Waals surface area (Å²) in [6, 6.07) is 12.6. The van der Waals surface area contributed by atoms with Gasteiger partial charge < -0.3 is 17.4 Å². The molecule has 0 radical (unpaired) electrons. The fourth-order valence-corrected chi connectivity index (χ4v) is 4.06. The lowest BCUT2D eigenvalue weighted by Gasteiger charge is -2.07. The highest BCUT2D eigenvalue weighted by atomic mass is 32.2. The maximum absolute atomic E-state index is 12.7. The normalized spacial score (nSPS) is 11.6. The van der Waals surface area contributed by atoms with Gasteiger partial charge in [0.25, 0.3) is 0 Å². The van der Waals surface area contributed by atoms with E-state index in [1.165, 1.54) is 23.5 Å². The minimum Gasteiger partial charge on any atom is -0.497 e. The molecule has 0 spiro atoms. The lowest BCUT2D eigenvalue weighted by molar-refractivity contribution is -0.646. The molecule has 0 N–H and O–H groups in total. The van der Waals surface area contributed by atoms with Gasteiger partial charge in [-0.2, -0.15) is 13.2 Å². The van der Waals surface area contributed by atoms with Crippen LogP contribution in [0.1, 0.15) is 5.56 Å². The van der Waals surface area contributed by atoms with Crippen LogP contribution < -0.4 is 9.30 Å². The van der Waals surface area contributed by atoms with E-state index in [0.29, 0.717) is 9.77 Å². The predicted octanol–water partition coefficient (Wildman–Crippen LogP) is 4.84. The molecule has 0 saturated heterocycles. The highest BCUT2D eigenvalue weighted by molar-refractivity contribution is 7.63. The number of benzene rings is 2. The van der Waals surface area contributed by atoms with Crippen molar-refractivity contribution >= 4 is 24.0 Å². The molecule has 0 atom stereocenters. The van der Waals surface area contributed by atoms with Gasteiger partial charge in [-0.05, 0) is 52.7 Å². The lowest BCUT2D eigenvalue weighted by Crippen LogP contribution is -2.30. The maximum atomic E-state index is 12.7. The van der Waals surface area contributed by atoms with Crippen molar-refractivity contribution in [3.63, 3.8) is 0 Å². The van der Waals surface area contributed by atoms with Gasteiger partial charge in [0.05, 0.1) is 12.7 Å². The number of thiazole rings is 1. The number of hydrogen-bond acceptors (Lipinski definition) is 3. The largest absolute Gasteiger partial charge is 0.497 e. The fourth-order valence-electron chi connectivity index (χ4n) is 2.56. The van der Waals surface area contributed by atoms with Crippen LogP contribution in [0.2, 0.25) is 0 Å². The van der Waals surface area contributed by atoms with Gasteiger partial charge >= 0.3 is 6.18 Å². The summed E-state index contributed by atoms with van der Waals surface area (Å²) >= 11 is 6.85. The van der Waals surface area contributed by atoms with Gasteiger partial charge in [-0.25, -0.2) is 4.57 Å². The SMILES string of the molecule is COc1ccc(-c2c([S-])sc(-c3ccc(C(F)(F)F)cc3)[n+]2C)cc1. The Hall–Kier alpha value is -2.12. The summed E-state index contributed by atoms with van der Waals surface area (Å²) in [6.07, 6.45) is -4.34. The number of halogens is 3. The maximum Gasteiger partial charge on any atom is 0.416 e. The van der Waals surface area contributed by atoms with E-state index in [1.54, 1.807) is 7.11 Å². The Morgan fingerprint density at radius 3 is 2.04 bits per heavy atom. The topological polar surface area (TPSA) is 13.1 Å². The molecule has 2 aromatic carbocycles. The summed E-state index contributed by atoms with van der Waals surface area (Å²) < 4.78 is 45.9. The van der Waals surface area contributed by atoms with E-state index in [2.05, 4.69) is 0 Å². The number of methoxy groups -OCH3 is 1. The van der Waals surface area contributed by atoms with Crippen molar-refractivity contribution in [2.45, 2.75) is 10.4 Å². The first kappa shape index (κ1) is 17.7. The molecule has 130 valence electrons. The van der Waals surface area contributed by atoms with Crippen LogP contribution in [0, 0.1) is 0 Å². The molecule has 0 bridgehead atoms. The third-order valence-corrected chi connectivity index (χ3v) is 5.37. The molecule has 0 aliphatic carbocycles. The molecule has 0 amide bonds. The van der Waals surface area contributed by atoms with Crippen LogP contribution >= 0.6 is 11.3 Å². The number of aromatic nitrogens is 1. The number of hydrogen-bond donors (Lipinski definition) is 0. The first-order valence-corrected chi connectivity index (χ1v) is 8.55. The van der Waals surface area contributed by atoms with Gasteiger partial charge in [0.1, 0.15) is 12.8 Å². The Kier molecular flexibility index (Phi) is 4.71. The molecule has 0 aliphatic rings. The molecule has 2 nitrogen and oxygen atoms in total. The van der Waals surface area contributed by atoms with Crippen LogP contribution in [0.3, 0.4) is 0 Å². The summed E-state index contributed by atoms with van der Waals surface area (Å²) in [4.78, 5) is 0. The predicted molar refractivity (Wildman–Crippen MR) is 93.6 cm³/mol.